The molecule has 1 N–H and O–H groups in total. The number of halogens is 1. The molecule has 3 aromatic rings. The van der Waals surface area contributed by atoms with Gasteiger partial charge in [-0.2, -0.15) is 0 Å². The van der Waals surface area contributed by atoms with Gasteiger partial charge >= 0.3 is 23.9 Å². The van der Waals surface area contributed by atoms with Crippen molar-refractivity contribution < 1.29 is 38.5 Å². The zero-order chi connectivity index (χ0) is 26.4. The molecular weight excluding hydrogens is 500 g/mol. The molecule has 0 heterocycles. The van der Waals surface area contributed by atoms with Crippen molar-refractivity contribution in [3.63, 3.8) is 0 Å². The molecule has 37 heavy (non-hydrogen) atoms. The van der Waals surface area contributed by atoms with E-state index in [1.807, 2.05) is 0 Å². The van der Waals surface area contributed by atoms with Crippen molar-refractivity contribution in [3.8, 4) is 0 Å². The van der Waals surface area contributed by atoms with Gasteiger partial charge in [-0.05, 0) is 42.5 Å². The predicted molar refractivity (Wildman–Crippen MR) is 132 cm³/mol. The van der Waals surface area contributed by atoms with Crippen LogP contribution in [-0.2, 0) is 19.0 Å². The molecule has 0 aliphatic heterocycles. The van der Waals surface area contributed by atoms with E-state index in [4.69, 9.17) is 25.8 Å². The van der Waals surface area contributed by atoms with Crippen LogP contribution in [0.5, 0.6) is 0 Å². The molecule has 0 spiro atoms. The van der Waals surface area contributed by atoms with E-state index >= 15 is 0 Å². The summed E-state index contributed by atoms with van der Waals surface area (Å²) in [6.07, 6.45) is 0.431. The number of aliphatic carboxylic acids is 1. The molecule has 0 bridgehead atoms. The monoisotopic (exact) mass is 518 g/mol. The van der Waals surface area contributed by atoms with Crippen LogP contribution in [0, 0.1) is 0 Å². The Morgan fingerprint density at radius 3 is 1.57 bits per heavy atom. The van der Waals surface area contributed by atoms with Crippen LogP contribution in [-0.4, -0.2) is 34.0 Å². The zero-order valence-electron chi connectivity index (χ0n) is 19.1. The summed E-state index contributed by atoms with van der Waals surface area (Å²) in [5.41, 5.74) is 0.0444. The van der Waals surface area contributed by atoms with Crippen molar-refractivity contribution in [2.24, 2.45) is 0 Å². The number of esters is 3. The molecule has 0 amide bonds. The number of benzene rings is 3. The Hall–Kier alpha value is -4.69. The molecule has 0 fully saturated rings. The second-order valence-corrected chi connectivity index (χ2v) is 8.45. The third-order valence-electron chi connectivity index (χ3n) is 5.24. The van der Waals surface area contributed by atoms with E-state index < -0.39 is 46.9 Å². The Kier molecular flexibility index (Phi) is 7.50. The highest BCUT2D eigenvalue weighted by molar-refractivity contribution is 6.26. The molecule has 0 radical (unpaired) electrons. The van der Waals surface area contributed by atoms with Crippen molar-refractivity contribution >= 4 is 35.5 Å². The molecule has 1 aliphatic rings. The molecule has 4 rings (SSSR count). The number of allylic oxidation sites excluding steroid dienone is 1. The highest BCUT2D eigenvalue weighted by Gasteiger charge is 2.47. The molecule has 1 unspecified atom stereocenters. The maximum atomic E-state index is 12.9. The average molecular weight is 519 g/mol. The van der Waals surface area contributed by atoms with Gasteiger partial charge in [0.1, 0.15) is 0 Å². The Balaban J connectivity index is 1.79. The summed E-state index contributed by atoms with van der Waals surface area (Å²) in [7, 11) is 0. The van der Waals surface area contributed by atoms with E-state index in [0.29, 0.717) is 0 Å². The fraction of sp³-hybridized carbons (Fsp3) is 0.0714. The van der Waals surface area contributed by atoms with E-state index in [0.717, 1.165) is 6.08 Å². The second-order valence-electron chi connectivity index (χ2n) is 7.84. The first-order valence-electron chi connectivity index (χ1n) is 11.0. The van der Waals surface area contributed by atoms with Crippen molar-refractivity contribution in [1.29, 1.82) is 0 Å². The molecular formula is C28H19ClO8. The quantitative estimate of drug-likeness (QED) is 0.260. The Labute approximate surface area is 216 Å². The number of hydrogen-bond acceptors (Lipinski definition) is 7. The summed E-state index contributed by atoms with van der Waals surface area (Å²) in [5, 5.41) is 7.37. The lowest BCUT2D eigenvalue weighted by molar-refractivity contribution is -0.133. The molecule has 0 saturated heterocycles. The first-order chi connectivity index (χ1) is 17.8. The van der Waals surface area contributed by atoms with Crippen molar-refractivity contribution in [3.05, 3.63) is 131 Å². The summed E-state index contributed by atoms with van der Waals surface area (Å²) in [4.78, 5) is 50.6. The highest BCUT2D eigenvalue weighted by atomic mass is 35.5. The first-order valence-corrected chi connectivity index (χ1v) is 11.3. The van der Waals surface area contributed by atoms with Crippen LogP contribution in [0.15, 0.2) is 114 Å². The van der Waals surface area contributed by atoms with E-state index in [2.05, 4.69) is 0 Å². The molecule has 0 aromatic heterocycles. The molecule has 8 nitrogen and oxygen atoms in total. The number of carbonyl (C=O) groups excluding carboxylic acids is 3. The van der Waals surface area contributed by atoms with Crippen molar-refractivity contribution in [2.75, 3.05) is 0 Å². The van der Waals surface area contributed by atoms with Gasteiger partial charge in [0.05, 0.1) is 16.7 Å². The second kappa shape index (κ2) is 10.9. The van der Waals surface area contributed by atoms with Gasteiger partial charge in [-0.15, -0.1) is 0 Å². The van der Waals surface area contributed by atoms with Gasteiger partial charge in [0.25, 0.3) is 5.06 Å². The number of alkyl halides is 1. The summed E-state index contributed by atoms with van der Waals surface area (Å²) >= 11 is 6.71. The van der Waals surface area contributed by atoms with Crippen LogP contribution < -0.4 is 0 Å². The van der Waals surface area contributed by atoms with Gasteiger partial charge in [0.2, 0.25) is 5.76 Å². The molecule has 1 atom stereocenters. The fourth-order valence-corrected chi connectivity index (χ4v) is 3.79. The van der Waals surface area contributed by atoms with Gasteiger partial charge in [-0.1, -0.05) is 66.2 Å². The Bertz CT molecular complexity index is 1400. The van der Waals surface area contributed by atoms with Crippen LogP contribution in [0.3, 0.4) is 0 Å². The van der Waals surface area contributed by atoms with Crippen molar-refractivity contribution in [2.45, 2.75) is 11.5 Å². The fourth-order valence-electron chi connectivity index (χ4n) is 3.45. The maximum Gasteiger partial charge on any atom is 0.343 e. The summed E-state index contributed by atoms with van der Waals surface area (Å²) in [6.45, 7) is 0. The van der Waals surface area contributed by atoms with Gasteiger partial charge in [-0.25, -0.2) is 19.2 Å². The van der Waals surface area contributed by atoms with Crippen molar-refractivity contribution in [1.82, 2.24) is 0 Å². The summed E-state index contributed by atoms with van der Waals surface area (Å²) in [6, 6.07) is 23.5. The van der Waals surface area contributed by atoms with E-state index in [1.54, 1.807) is 54.6 Å². The van der Waals surface area contributed by atoms with Gasteiger partial charge < -0.3 is 19.3 Å². The minimum atomic E-state index is -2.33. The van der Waals surface area contributed by atoms with Crippen LogP contribution in [0.2, 0.25) is 0 Å². The zero-order valence-corrected chi connectivity index (χ0v) is 19.9. The molecule has 186 valence electrons. The molecule has 0 saturated carbocycles. The van der Waals surface area contributed by atoms with Gasteiger partial charge in [0, 0.05) is 12.0 Å². The van der Waals surface area contributed by atoms with Gasteiger partial charge in [0.15, 0.2) is 5.76 Å². The Morgan fingerprint density at radius 2 is 1.11 bits per heavy atom. The number of ether oxygens (including phenoxy) is 3. The van der Waals surface area contributed by atoms with Gasteiger partial charge in [-0.3, -0.25) is 0 Å². The number of carbonyl (C=O) groups is 4. The minimum Gasteiger partial charge on any atom is -0.478 e. The summed E-state index contributed by atoms with van der Waals surface area (Å²) < 4.78 is 16.5. The van der Waals surface area contributed by atoms with Crippen LogP contribution in [0.4, 0.5) is 0 Å². The number of hydrogen-bond donors (Lipinski definition) is 1. The first kappa shape index (κ1) is 25.4. The van der Waals surface area contributed by atoms with E-state index in [1.165, 1.54) is 36.4 Å². The lowest BCUT2D eigenvalue weighted by Crippen LogP contribution is -2.38. The predicted octanol–water partition coefficient (Wildman–Crippen LogP) is 5.12. The average Bonchev–Trinajstić information content (AvgIpc) is 2.91. The lowest BCUT2D eigenvalue weighted by Gasteiger charge is -2.32. The Morgan fingerprint density at radius 1 is 0.676 bits per heavy atom. The smallest absolute Gasteiger partial charge is 0.343 e. The van der Waals surface area contributed by atoms with E-state index in [-0.39, 0.29) is 22.3 Å². The largest absolute Gasteiger partial charge is 0.478 e. The molecule has 9 heteroatoms. The van der Waals surface area contributed by atoms with Crippen LogP contribution >= 0.6 is 11.6 Å². The summed E-state index contributed by atoms with van der Waals surface area (Å²) in [5.74, 6) is -5.11. The molecule has 3 aromatic carbocycles. The highest BCUT2D eigenvalue weighted by Crippen LogP contribution is 2.42. The SMILES string of the molecule is O=C(O)C1=CC(OC(=O)c2ccccc2)=C(OC(=O)c2ccccc2)C(Cl)(OC(=O)c2ccccc2)C1. The third-order valence-corrected chi connectivity index (χ3v) is 5.62. The molecule has 1 aliphatic carbocycles. The van der Waals surface area contributed by atoms with Crippen LogP contribution in [0.1, 0.15) is 37.5 Å². The van der Waals surface area contributed by atoms with E-state index in [9.17, 15) is 24.3 Å². The van der Waals surface area contributed by atoms with Crippen LogP contribution in [0.25, 0.3) is 0 Å². The lowest BCUT2D eigenvalue weighted by atomic mass is 9.98. The minimum absolute atomic E-state index is 0.116. The number of carboxylic acid groups (broad SMARTS) is 1. The maximum absolute atomic E-state index is 12.9. The third kappa shape index (κ3) is 5.94. The topological polar surface area (TPSA) is 116 Å². The standard InChI is InChI=1S/C28H19ClO8/c29-28(37-27(34)20-14-8-3-9-15-20)17-21(24(30)31)16-22(35-25(32)18-10-4-1-5-11-18)23(28)36-26(33)19-12-6-2-7-13-19/h1-16H,17H2,(H,30,31). The normalized spacial score (nSPS) is 16.8. The number of rotatable bonds is 7. The number of carboxylic acids is 1.